The zero-order valence-corrected chi connectivity index (χ0v) is 15.6. The van der Waals surface area contributed by atoms with Gasteiger partial charge in [-0.15, -0.1) is 0 Å². The molecule has 2 aliphatic heterocycles. The fraction of sp³-hybridized carbons (Fsp3) is 0.524. The maximum atomic E-state index is 12.9. The molecule has 2 fully saturated rings. The quantitative estimate of drug-likeness (QED) is 0.910. The lowest BCUT2D eigenvalue weighted by molar-refractivity contribution is -0.136. The van der Waals surface area contributed by atoms with Crippen LogP contribution in [0.25, 0.3) is 11.3 Å². The fourth-order valence-electron chi connectivity index (χ4n) is 4.07. The molecule has 0 radical (unpaired) electrons. The van der Waals surface area contributed by atoms with Crippen molar-refractivity contribution in [1.29, 1.82) is 0 Å². The Bertz CT molecular complexity index is 763. The number of likely N-dealkylation sites (tertiary alicyclic amines) is 1. The van der Waals surface area contributed by atoms with Crippen molar-refractivity contribution in [3.63, 3.8) is 0 Å². The van der Waals surface area contributed by atoms with Crippen LogP contribution in [0.5, 0.6) is 0 Å². The van der Waals surface area contributed by atoms with Gasteiger partial charge < -0.3 is 14.6 Å². The number of hydrogen-bond acceptors (Lipinski definition) is 4. The number of aromatic nitrogens is 1. The molecule has 0 saturated carbocycles. The minimum absolute atomic E-state index is 0.0296. The highest BCUT2D eigenvalue weighted by molar-refractivity contribution is 5.80. The molecule has 0 spiro atoms. The third-order valence-electron chi connectivity index (χ3n) is 5.47. The van der Waals surface area contributed by atoms with Crippen LogP contribution in [0, 0.1) is 5.92 Å². The first-order chi connectivity index (χ1) is 12.6. The molecule has 0 bridgehead atoms. The van der Waals surface area contributed by atoms with Gasteiger partial charge in [-0.2, -0.15) is 0 Å². The maximum Gasteiger partial charge on any atom is 0.227 e. The van der Waals surface area contributed by atoms with Gasteiger partial charge in [0.25, 0.3) is 0 Å². The van der Waals surface area contributed by atoms with Gasteiger partial charge in [-0.3, -0.25) is 4.79 Å². The minimum Gasteiger partial charge on any atom is -0.442 e. The second kappa shape index (κ2) is 7.23. The highest BCUT2D eigenvalue weighted by Crippen LogP contribution is 2.38. The number of carbonyl (C=O) groups is 1. The molecule has 3 heterocycles. The summed E-state index contributed by atoms with van der Waals surface area (Å²) in [6.45, 7) is 6.78. The van der Waals surface area contributed by atoms with Gasteiger partial charge in [0.05, 0.1) is 5.92 Å². The smallest absolute Gasteiger partial charge is 0.227 e. The summed E-state index contributed by atoms with van der Waals surface area (Å²) in [5.74, 6) is 2.21. The lowest BCUT2D eigenvalue weighted by Gasteiger charge is -2.25. The number of benzene rings is 1. The van der Waals surface area contributed by atoms with Gasteiger partial charge in [0.1, 0.15) is 17.5 Å². The van der Waals surface area contributed by atoms with Crippen molar-refractivity contribution in [2.75, 3.05) is 19.6 Å². The van der Waals surface area contributed by atoms with Gasteiger partial charge in [0.2, 0.25) is 11.8 Å². The van der Waals surface area contributed by atoms with Gasteiger partial charge in [-0.05, 0) is 25.8 Å². The molecule has 1 amide bonds. The Kier molecular flexibility index (Phi) is 4.81. The van der Waals surface area contributed by atoms with E-state index < -0.39 is 0 Å². The monoisotopic (exact) mass is 353 g/mol. The van der Waals surface area contributed by atoms with E-state index in [2.05, 4.69) is 31.3 Å². The number of carbonyl (C=O) groups excluding carboxylic acids is 1. The molecule has 2 saturated heterocycles. The number of oxazole rings is 1. The van der Waals surface area contributed by atoms with E-state index in [0.717, 1.165) is 55.9 Å². The molecule has 4 rings (SSSR count). The molecule has 138 valence electrons. The Hall–Kier alpha value is -2.14. The molecule has 2 atom stereocenters. The summed E-state index contributed by atoms with van der Waals surface area (Å²) in [7, 11) is 0. The van der Waals surface area contributed by atoms with Crippen LogP contribution in [0.1, 0.15) is 56.7 Å². The van der Waals surface area contributed by atoms with Crippen LogP contribution >= 0.6 is 0 Å². The molecule has 0 aliphatic carbocycles. The van der Waals surface area contributed by atoms with Crippen LogP contribution < -0.4 is 5.32 Å². The van der Waals surface area contributed by atoms with Crippen molar-refractivity contribution in [2.24, 2.45) is 5.92 Å². The van der Waals surface area contributed by atoms with Gasteiger partial charge in [-0.1, -0.05) is 44.2 Å². The second-order valence-electron chi connectivity index (χ2n) is 7.67. The van der Waals surface area contributed by atoms with Gasteiger partial charge in [0.15, 0.2) is 0 Å². The highest BCUT2D eigenvalue weighted by atomic mass is 16.4. The van der Waals surface area contributed by atoms with Gasteiger partial charge in [0, 0.05) is 24.6 Å². The molecule has 26 heavy (non-hydrogen) atoms. The Labute approximate surface area is 154 Å². The molecule has 1 aromatic heterocycles. The fourth-order valence-corrected chi connectivity index (χ4v) is 4.07. The average molecular weight is 353 g/mol. The SMILES string of the molecule is CC(C)c1oc(C2CCCN2C(=O)C2CCNC2)nc1-c1ccccc1. The topological polar surface area (TPSA) is 58.4 Å². The number of hydrogen-bond donors (Lipinski definition) is 1. The number of nitrogens with one attached hydrogen (secondary N) is 1. The summed E-state index contributed by atoms with van der Waals surface area (Å²) < 4.78 is 6.24. The third kappa shape index (κ3) is 3.16. The molecule has 5 heteroatoms. The Morgan fingerprint density at radius 2 is 2.08 bits per heavy atom. The molecule has 1 aromatic carbocycles. The van der Waals surface area contributed by atoms with E-state index in [1.165, 1.54) is 0 Å². The first kappa shape index (κ1) is 17.3. The van der Waals surface area contributed by atoms with Crippen molar-refractivity contribution in [3.05, 3.63) is 42.0 Å². The summed E-state index contributed by atoms with van der Waals surface area (Å²) in [5, 5.41) is 3.29. The molecule has 2 aliphatic rings. The molecule has 2 unspecified atom stereocenters. The van der Waals surface area contributed by atoms with E-state index in [4.69, 9.17) is 9.40 Å². The first-order valence-corrected chi connectivity index (χ1v) is 9.72. The summed E-state index contributed by atoms with van der Waals surface area (Å²) in [5.41, 5.74) is 1.99. The summed E-state index contributed by atoms with van der Waals surface area (Å²) >= 11 is 0. The first-order valence-electron chi connectivity index (χ1n) is 9.72. The largest absolute Gasteiger partial charge is 0.442 e. The van der Waals surface area contributed by atoms with E-state index in [-0.39, 0.29) is 23.8 Å². The summed E-state index contributed by atoms with van der Waals surface area (Å²) in [4.78, 5) is 19.8. The van der Waals surface area contributed by atoms with Crippen molar-refractivity contribution in [1.82, 2.24) is 15.2 Å². The van der Waals surface area contributed by atoms with Crippen LogP contribution in [0.2, 0.25) is 0 Å². The van der Waals surface area contributed by atoms with E-state index in [9.17, 15) is 4.79 Å². The van der Waals surface area contributed by atoms with E-state index in [1.807, 2.05) is 23.1 Å². The van der Waals surface area contributed by atoms with Crippen molar-refractivity contribution >= 4 is 5.91 Å². The molecular formula is C21H27N3O2. The Balaban J connectivity index is 1.65. The lowest BCUT2D eigenvalue weighted by Crippen LogP contribution is -2.36. The lowest BCUT2D eigenvalue weighted by atomic mass is 10.0. The zero-order valence-electron chi connectivity index (χ0n) is 15.6. The van der Waals surface area contributed by atoms with Crippen LogP contribution in [-0.4, -0.2) is 35.4 Å². The Morgan fingerprint density at radius 3 is 2.77 bits per heavy atom. The van der Waals surface area contributed by atoms with E-state index >= 15 is 0 Å². The highest BCUT2D eigenvalue weighted by Gasteiger charge is 2.38. The van der Waals surface area contributed by atoms with E-state index in [1.54, 1.807) is 0 Å². The van der Waals surface area contributed by atoms with Gasteiger partial charge >= 0.3 is 0 Å². The predicted molar refractivity (Wildman–Crippen MR) is 101 cm³/mol. The standard InChI is InChI=1S/C21H27N3O2/c1-14(2)19-18(15-7-4-3-5-8-15)23-20(26-19)17-9-6-12-24(17)21(25)16-10-11-22-13-16/h3-5,7-8,14,16-17,22H,6,9-13H2,1-2H3. The maximum absolute atomic E-state index is 12.9. The Morgan fingerprint density at radius 1 is 1.27 bits per heavy atom. The van der Waals surface area contributed by atoms with Gasteiger partial charge in [-0.25, -0.2) is 4.98 Å². The summed E-state index contributed by atoms with van der Waals surface area (Å²) in [6, 6.07) is 10.1. The number of nitrogens with zero attached hydrogens (tertiary/aromatic N) is 2. The van der Waals surface area contributed by atoms with Crippen LogP contribution in [0.3, 0.4) is 0 Å². The molecule has 2 aromatic rings. The van der Waals surface area contributed by atoms with Crippen molar-refractivity contribution in [2.45, 2.75) is 45.1 Å². The van der Waals surface area contributed by atoms with Crippen LogP contribution in [0.4, 0.5) is 0 Å². The zero-order chi connectivity index (χ0) is 18.1. The van der Waals surface area contributed by atoms with Crippen molar-refractivity contribution < 1.29 is 9.21 Å². The molecular weight excluding hydrogens is 326 g/mol. The number of amides is 1. The second-order valence-corrected chi connectivity index (χ2v) is 7.67. The number of rotatable bonds is 4. The molecule has 5 nitrogen and oxygen atoms in total. The molecule has 1 N–H and O–H groups in total. The van der Waals surface area contributed by atoms with Crippen molar-refractivity contribution in [3.8, 4) is 11.3 Å². The average Bonchev–Trinajstić information content (AvgIpc) is 3.41. The normalized spacial score (nSPS) is 23.1. The van der Waals surface area contributed by atoms with Crippen LogP contribution in [0.15, 0.2) is 34.7 Å². The third-order valence-corrected chi connectivity index (χ3v) is 5.47. The summed E-state index contributed by atoms with van der Waals surface area (Å²) in [6.07, 6.45) is 2.87. The van der Waals surface area contributed by atoms with Crippen LogP contribution in [-0.2, 0) is 4.79 Å². The van der Waals surface area contributed by atoms with E-state index in [0.29, 0.717) is 5.89 Å². The predicted octanol–water partition coefficient (Wildman–Crippen LogP) is 3.74. The minimum atomic E-state index is -0.0296.